The first kappa shape index (κ1) is 16.4. The molecule has 0 aliphatic rings. The number of rotatable bonds is 12. The van der Waals surface area contributed by atoms with Gasteiger partial charge in [0.05, 0.1) is 26.2 Å². The number of quaternary nitrogens is 1. The van der Waals surface area contributed by atoms with Crippen LogP contribution in [-0.4, -0.2) is 30.7 Å². The van der Waals surface area contributed by atoms with Gasteiger partial charge in [-0.25, -0.2) is 0 Å². The topological polar surface area (TPSA) is 0 Å². The third kappa shape index (κ3) is 7.38. The Morgan fingerprint density at radius 2 is 1.35 bits per heavy atom. The molecule has 0 aromatic carbocycles. The first-order valence-electron chi connectivity index (χ1n) is 7.31. The van der Waals surface area contributed by atoms with Crippen LogP contribution in [0.4, 0.5) is 0 Å². The zero-order chi connectivity index (χ0) is 13.0. The molecule has 0 atom stereocenters. The summed E-state index contributed by atoms with van der Waals surface area (Å²) in [6.45, 7) is 17.0. The van der Waals surface area contributed by atoms with Crippen LogP contribution in [0, 0.1) is 0 Å². The highest BCUT2D eigenvalue weighted by Crippen LogP contribution is 2.12. The predicted molar refractivity (Wildman–Crippen MR) is 79.2 cm³/mol. The van der Waals surface area contributed by atoms with E-state index < -0.39 is 0 Å². The molecule has 0 aromatic rings. The Morgan fingerprint density at radius 1 is 0.824 bits per heavy atom. The Morgan fingerprint density at radius 3 is 1.82 bits per heavy atom. The van der Waals surface area contributed by atoms with Crippen molar-refractivity contribution in [3.63, 3.8) is 0 Å². The Labute approximate surface area is 109 Å². The molecule has 1 heteroatoms. The predicted octanol–water partition coefficient (Wildman–Crippen LogP) is 4.56. The normalized spacial score (nSPS) is 11.4. The number of likely N-dealkylation sites (N-methyl/N-ethyl adjacent to an activating group) is 1. The van der Waals surface area contributed by atoms with Crippen LogP contribution in [0.3, 0.4) is 0 Å². The molecular formula is C16H32N+. The molecule has 0 aromatic heterocycles. The van der Waals surface area contributed by atoms with Gasteiger partial charge in [-0.05, 0) is 31.9 Å². The average Bonchev–Trinajstić information content (AvgIpc) is 2.34. The monoisotopic (exact) mass is 238 g/mol. The molecule has 17 heavy (non-hydrogen) atoms. The van der Waals surface area contributed by atoms with E-state index >= 15 is 0 Å². The lowest BCUT2D eigenvalue weighted by atomic mass is 10.1. The van der Waals surface area contributed by atoms with Crippen molar-refractivity contribution >= 4 is 0 Å². The second-order valence-electron chi connectivity index (χ2n) is 5.09. The van der Waals surface area contributed by atoms with Crippen molar-refractivity contribution in [1.29, 1.82) is 0 Å². The molecule has 0 rings (SSSR count). The zero-order valence-corrected chi connectivity index (χ0v) is 12.1. The fourth-order valence-corrected chi connectivity index (χ4v) is 2.45. The standard InChI is InChI=1S/C16H32N/c1-5-9-10-11-12-13-16-17(8-4,14-6-2)15-7-3/h6-7H,2-3,5,8-16H2,1,4H3/q+1. The quantitative estimate of drug-likeness (QED) is 0.266. The Bertz CT molecular complexity index is 186. The molecule has 0 aliphatic carbocycles. The molecule has 100 valence electrons. The molecule has 0 heterocycles. The van der Waals surface area contributed by atoms with E-state index in [9.17, 15) is 0 Å². The van der Waals surface area contributed by atoms with Crippen molar-refractivity contribution < 1.29 is 4.48 Å². The SMILES string of the molecule is C=CC[N+](CC)(CC=C)CCCCCCCC. The lowest BCUT2D eigenvalue weighted by molar-refractivity contribution is -0.915. The van der Waals surface area contributed by atoms with Gasteiger partial charge in [-0.2, -0.15) is 0 Å². The summed E-state index contributed by atoms with van der Waals surface area (Å²) in [6, 6.07) is 0. The highest BCUT2D eigenvalue weighted by Gasteiger charge is 2.20. The maximum absolute atomic E-state index is 3.89. The Balaban J connectivity index is 3.89. The van der Waals surface area contributed by atoms with E-state index in [0.29, 0.717) is 0 Å². The summed E-state index contributed by atoms with van der Waals surface area (Å²) in [5.74, 6) is 0. The van der Waals surface area contributed by atoms with Gasteiger partial charge in [-0.15, -0.1) is 0 Å². The molecule has 0 spiro atoms. The highest BCUT2D eigenvalue weighted by atomic mass is 15.3. The molecule has 0 N–H and O–H groups in total. The molecule has 0 aliphatic heterocycles. The van der Waals surface area contributed by atoms with Gasteiger partial charge in [-0.3, -0.25) is 0 Å². The summed E-state index contributed by atoms with van der Waals surface area (Å²) in [4.78, 5) is 0. The van der Waals surface area contributed by atoms with E-state index in [1.807, 2.05) is 0 Å². The van der Waals surface area contributed by atoms with Crippen molar-refractivity contribution in [2.45, 2.75) is 52.4 Å². The number of hydrogen-bond acceptors (Lipinski definition) is 0. The molecule has 0 saturated heterocycles. The lowest BCUT2D eigenvalue weighted by Crippen LogP contribution is -2.48. The lowest BCUT2D eigenvalue weighted by Gasteiger charge is -2.36. The van der Waals surface area contributed by atoms with Crippen molar-refractivity contribution in [3.05, 3.63) is 25.3 Å². The summed E-state index contributed by atoms with van der Waals surface area (Å²) >= 11 is 0. The van der Waals surface area contributed by atoms with Crippen LogP contribution in [0.1, 0.15) is 52.4 Å². The molecule has 0 saturated carbocycles. The molecule has 0 unspecified atom stereocenters. The maximum atomic E-state index is 3.89. The zero-order valence-electron chi connectivity index (χ0n) is 12.1. The van der Waals surface area contributed by atoms with Gasteiger partial charge in [0.15, 0.2) is 0 Å². The van der Waals surface area contributed by atoms with Gasteiger partial charge in [0.2, 0.25) is 0 Å². The highest BCUT2D eigenvalue weighted by molar-refractivity contribution is 4.71. The van der Waals surface area contributed by atoms with Crippen molar-refractivity contribution in [2.75, 3.05) is 26.2 Å². The molecule has 0 fully saturated rings. The summed E-state index contributed by atoms with van der Waals surface area (Å²) in [7, 11) is 0. The molecule has 0 radical (unpaired) electrons. The van der Waals surface area contributed by atoms with Crippen LogP contribution >= 0.6 is 0 Å². The third-order valence-electron chi connectivity index (χ3n) is 3.69. The minimum atomic E-state index is 1.08. The van der Waals surface area contributed by atoms with Crippen molar-refractivity contribution in [1.82, 2.24) is 0 Å². The van der Waals surface area contributed by atoms with E-state index in [-0.39, 0.29) is 0 Å². The largest absolute Gasteiger partial charge is 0.317 e. The van der Waals surface area contributed by atoms with Gasteiger partial charge < -0.3 is 4.48 Å². The van der Waals surface area contributed by atoms with Gasteiger partial charge in [0, 0.05) is 0 Å². The smallest absolute Gasteiger partial charge is 0.0973 e. The van der Waals surface area contributed by atoms with Gasteiger partial charge in [-0.1, -0.05) is 45.8 Å². The van der Waals surface area contributed by atoms with Gasteiger partial charge >= 0.3 is 0 Å². The number of unbranched alkanes of at least 4 members (excludes halogenated alkanes) is 5. The van der Waals surface area contributed by atoms with E-state index in [1.54, 1.807) is 0 Å². The molecule has 1 nitrogen and oxygen atoms in total. The summed E-state index contributed by atoms with van der Waals surface area (Å²) < 4.78 is 1.14. The fraction of sp³-hybridized carbons (Fsp3) is 0.750. The van der Waals surface area contributed by atoms with Crippen LogP contribution in [0.25, 0.3) is 0 Å². The van der Waals surface area contributed by atoms with E-state index in [4.69, 9.17) is 0 Å². The first-order valence-corrected chi connectivity index (χ1v) is 7.31. The summed E-state index contributed by atoms with van der Waals surface area (Å²) in [6.07, 6.45) is 12.4. The third-order valence-corrected chi connectivity index (χ3v) is 3.69. The average molecular weight is 238 g/mol. The molecule has 0 bridgehead atoms. The fourth-order valence-electron chi connectivity index (χ4n) is 2.45. The summed E-state index contributed by atoms with van der Waals surface area (Å²) in [5.41, 5.74) is 0. The Kier molecular flexibility index (Phi) is 10.2. The molecular weight excluding hydrogens is 206 g/mol. The van der Waals surface area contributed by atoms with Crippen molar-refractivity contribution in [3.8, 4) is 0 Å². The second-order valence-corrected chi connectivity index (χ2v) is 5.09. The first-order chi connectivity index (χ1) is 8.24. The maximum Gasteiger partial charge on any atom is 0.0973 e. The van der Waals surface area contributed by atoms with E-state index in [2.05, 4.69) is 39.2 Å². The number of nitrogens with zero attached hydrogens (tertiary/aromatic N) is 1. The van der Waals surface area contributed by atoms with E-state index in [1.165, 1.54) is 51.6 Å². The van der Waals surface area contributed by atoms with Gasteiger partial charge in [0.1, 0.15) is 0 Å². The van der Waals surface area contributed by atoms with Crippen LogP contribution < -0.4 is 0 Å². The minimum Gasteiger partial charge on any atom is -0.317 e. The van der Waals surface area contributed by atoms with E-state index in [0.717, 1.165) is 17.6 Å². The van der Waals surface area contributed by atoms with Crippen LogP contribution in [0.2, 0.25) is 0 Å². The van der Waals surface area contributed by atoms with Gasteiger partial charge in [0.25, 0.3) is 0 Å². The minimum absolute atomic E-state index is 1.08. The van der Waals surface area contributed by atoms with Crippen LogP contribution in [0.15, 0.2) is 25.3 Å². The van der Waals surface area contributed by atoms with Crippen LogP contribution in [-0.2, 0) is 0 Å². The summed E-state index contributed by atoms with van der Waals surface area (Å²) in [5, 5.41) is 0. The second kappa shape index (κ2) is 10.6. The Hall–Kier alpha value is -0.560. The molecule has 0 amide bonds. The van der Waals surface area contributed by atoms with Crippen LogP contribution in [0.5, 0.6) is 0 Å². The number of hydrogen-bond donors (Lipinski definition) is 0. The van der Waals surface area contributed by atoms with Crippen molar-refractivity contribution in [2.24, 2.45) is 0 Å².